The van der Waals surface area contributed by atoms with E-state index in [1.165, 1.54) is 0 Å². The minimum Gasteiger partial charge on any atom is -0.285 e. The normalized spacial score (nSPS) is 10.7. The number of hydrogen-bond acceptors (Lipinski definition) is 4. The van der Waals surface area contributed by atoms with Gasteiger partial charge in [-0.15, -0.1) is 0 Å². The van der Waals surface area contributed by atoms with E-state index in [1.807, 2.05) is 10.9 Å². The van der Waals surface area contributed by atoms with Crippen molar-refractivity contribution in [3.05, 3.63) is 0 Å². The summed E-state index contributed by atoms with van der Waals surface area (Å²) in [5.41, 5.74) is 3.84. The van der Waals surface area contributed by atoms with Crippen LogP contribution in [0.1, 0.15) is 19.8 Å². The number of hydrogen-bond donors (Lipinski definition) is 3. The number of carbonyl (C=O) groups is 2. The second kappa shape index (κ2) is 5.55. The van der Waals surface area contributed by atoms with E-state index in [4.69, 9.17) is 4.55 Å². The maximum atomic E-state index is 10.8. The molecule has 3 N–H and O–H groups in total. The molecule has 0 aliphatic carbocycles. The highest BCUT2D eigenvalue weighted by atomic mass is 32.2. The Kier molecular flexibility index (Phi) is 5.10. The van der Waals surface area contributed by atoms with Crippen molar-refractivity contribution in [3.63, 3.8) is 0 Å². The zero-order chi connectivity index (χ0) is 11.2. The summed E-state index contributed by atoms with van der Waals surface area (Å²) in [6.45, 7) is 1.78. The predicted octanol–water partition coefficient (Wildman–Crippen LogP) is -1.18. The van der Waals surface area contributed by atoms with Crippen LogP contribution in [0.3, 0.4) is 0 Å². The Morgan fingerprint density at radius 1 is 1.21 bits per heavy atom. The topological polar surface area (TPSA) is 113 Å². The van der Waals surface area contributed by atoms with Crippen molar-refractivity contribution < 1.29 is 22.6 Å². The molecule has 0 aromatic carbocycles. The van der Waals surface area contributed by atoms with Crippen molar-refractivity contribution in [1.29, 1.82) is 0 Å². The summed E-state index contributed by atoms with van der Waals surface area (Å²) in [4.78, 5) is 21.5. The van der Waals surface area contributed by atoms with E-state index in [-0.39, 0.29) is 6.42 Å². The molecule has 7 nitrogen and oxygen atoms in total. The number of hydrazine groups is 1. The number of rotatable bonds is 4. The Balaban J connectivity index is 3.81. The molecule has 14 heavy (non-hydrogen) atoms. The van der Waals surface area contributed by atoms with Gasteiger partial charge >= 0.3 is 0 Å². The number of nitrogens with one attached hydrogen (secondary N) is 2. The second-order valence-electron chi connectivity index (χ2n) is 2.57. The summed E-state index contributed by atoms with van der Waals surface area (Å²) in [5.74, 6) is -2.48. The van der Waals surface area contributed by atoms with Crippen LogP contribution in [-0.2, 0) is 19.7 Å². The lowest BCUT2D eigenvalue weighted by Gasteiger charge is -2.04. The second-order valence-corrected chi connectivity index (χ2v) is 4.03. The van der Waals surface area contributed by atoms with Gasteiger partial charge in [0.25, 0.3) is 16.0 Å². The molecule has 0 atom stereocenters. The van der Waals surface area contributed by atoms with Gasteiger partial charge in [0.2, 0.25) is 5.91 Å². The van der Waals surface area contributed by atoms with Crippen LogP contribution in [0.15, 0.2) is 0 Å². The Bertz CT molecular complexity index is 310. The van der Waals surface area contributed by atoms with Crippen LogP contribution in [0, 0.1) is 0 Å². The minimum atomic E-state index is -4.35. The van der Waals surface area contributed by atoms with E-state index in [2.05, 4.69) is 0 Å². The van der Waals surface area contributed by atoms with E-state index in [0.29, 0.717) is 6.42 Å². The summed E-state index contributed by atoms with van der Waals surface area (Å²) in [5, 5.41) is 0. The molecule has 0 aromatic heterocycles. The van der Waals surface area contributed by atoms with Crippen molar-refractivity contribution in [2.24, 2.45) is 0 Å². The van der Waals surface area contributed by atoms with Gasteiger partial charge in [-0.2, -0.15) is 8.42 Å². The van der Waals surface area contributed by atoms with Gasteiger partial charge in [-0.05, 0) is 6.42 Å². The first-order valence-corrected chi connectivity index (χ1v) is 5.49. The van der Waals surface area contributed by atoms with Crippen LogP contribution >= 0.6 is 0 Å². The predicted molar refractivity (Wildman–Crippen MR) is 47.6 cm³/mol. The summed E-state index contributed by atoms with van der Waals surface area (Å²) >= 11 is 0. The summed E-state index contributed by atoms with van der Waals surface area (Å²) in [6.07, 6.45) is 0.839. The van der Waals surface area contributed by atoms with Gasteiger partial charge in [-0.25, -0.2) is 0 Å². The highest BCUT2D eigenvalue weighted by Crippen LogP contribution is 1.84. The SMILES string of the molecule is CCCC(=O)NNC(=O)CS(=O)(=O)O. The lowest BCUT2D eigenvalue weighted by molar-refractivity contribution is -0.127. The standard InChI is InChI=1S/C6H12N2O5S/c1-2-3-5(9)7-8-6(10)4-14(11,12)13/h2-4H2,1H3,(H,7,9)(H,8,10)(H,11,12,13). The van der Waals surface area contributed by atoms with Gasteiger partial charge in [0.15, 0.2) is 5.75 Å². The average Bonchev–Trinajstić information content (AvgIpc) is 1.98. The number of amides is 2. The van der Waals surface area contributed by atoms with E-state index in [0.717, 1.165) is 0 Å². The zero-order valence-corrected chi connectivity index (χ0v) is 8.43. The first kappa shape index (κ1) is 12.8. The largest absolute Gasteiger partial charge is 0.285 e. The molecule has 0 unspecified atom stereocenters. The Morgan fingerprint density at radius 2 is 1.71 bits per heavy atom. The quantitative estimate of drug-likeness (QED) is 0.411. The van der Waals surface area contributed by atoms with Gasteiger partial charge in [-0.1, -0.05) is 6.92 Å². The third kappa shape index (κ3) is 7.50. The molecule has 0 heterocycles. The van der Waals surface area contributed by atoms with E-state index in [9.17, 15) is 18.0 Å². The molecule has 8 heteroatoms. The lowest BCUT2D eigenvalue weighted by atomic mass is 10.3. The molecular formula is C6H12N2O5S. The third-order valence-corrected chi connectivity index (χ3v) is 1.76. The van der Waals surface area contributed by atoms with Gasteiger partial charge in [0.1, 0.15) is 0 Å². The first-order valence-electron chi connectivity index (χ1n) is 3.88. The van der Waals surface area contributed by atoms with Crippen molar-refractivity contribution in [1.82, 2.24) is 10.9 Å². The maximum Gasteiger partial charge on any atom is 0.274 e. The third-order valence-electron chi connectivity index (χ3n) is 1.13. The Labute approximate surface area is 81.6 Å². The molecular weight excluding hydrogens is 212 g/mol. The van der Waals surface area contributed by atoms with Crippen molar-refractivity contribution in [3.8, 4) is 0 Å². The van der Waals surface area contributed by atoms with Gasteiger partial charge in [0, 0.05) is 6.42 Å². The molecule has 0 aliphatic heterocycles. The summed E-state index contributed by atoms with van der Waals surface area (Å²) in [6, 6.07) is 0. The highest BCUT2D eigenvalue weighted by Gasteiger charge is 2.12. The Hall–Kier alpha value is -1.15. The smallest absolute Gasteiger partial charge is 0.274 e. The maximum absolute atomic E-state index is 10.8. The Morgan fingerprint density at radius 3 is 2.14 bits per heavy atom. The summed E-state index contributed by atoms with van der Waals surface area (Å²) < 4.78 is 28.6. The molecule has 0 saturated heterocycles. The number of carbonyl (C=O) groups excluding carboxylic acids is 2. The van der Waals surface area contributed by atoms with Gasteiger partial charge in [0.05, 0.1) is 0 Å². The summed E-state index contributed by atoms with van der Waals surface area (Å²) in [7, 11) is -4.35. The van der Waals surface area contributed by atoms with Crippen LogP contribution < -0.4 is 10.9 Å². The van der Waals surface area contributed by atoms with Crippen molar-refractivity contribution >= 4 is 21.9 Å². The molecule has 0 fully saturated rings. The molecule has 0 aromatic rings. The lowest BCUT2D eigenvalue weighted by Crippen LogP contribution is -2.44. The molecule has 0 saturated carbocycles. The average molecular weight is 224 g/mol. The van der Waals surface area contributed by atoms with Crippen LogP contribution in [0.25, 0.3) is 0 Å². The van der Waals surface area contributed by atoms with Crippen LogP contribution in [0.5, 0.6) is 0 Å². The molecule has 0 rings (SSSR count). The fourth-order valence-electron chi connectivity index (χ4n) is 0.631. The fourth-order valence-corrected chi connectivity index (χ4v) is 1.03. The molecule has 2 amide bonds. The fraction of sp³-hybridized carbons (Fsp3) is 0.667. The van der Waals surface area contributed by atoms with E-state index >= 15 is 0 Å². The van der Waals surface area contributed by atoms with Gasteiger partial charge < -0.3 is 0 Å². The van der Waals surface area contributed by atoms with Crippen LogP contribution in [-0.4, -0.2) is 30.5 Å². The first-order chi connectivity index (χ1) is 6.35. The van der Waals surface area contributed by atoms with Crippen LogP contribution in [0.2, 0.25) is 0 Å². The monoisotopic (exact) mass is 224 g/mol. The minimum absolute atomic E-state index is 0.228. The molecule has 0 radical (unpaired) electrons. The van der Waals surface area contributed by atoms with Gasteiger partial charge in [-0.3, -0.25) is 25.0 Å². The van der Waals surface area contributed by atoms with Crippen molar-refractivity contribution in [2.45, 2.75) is 19.8 Å². The van der Waals surface area contributed by atoms with E-state index < -0.39 is 27.7 Å². The van der Waals surface area contributed by atoms with Crippen LogP contribution in [0.4, 0.5) is 0 Å². The molecule has 0 bridgehead atoms. The van der Waals surface area contributed by atoms with E-state index in [1.54, 1.807) is 6.92 Å². The molecule has 0 aliphatic rings. The molecule has 0 spiro atoms. The zero-order valence-electron chi connectivity index (χ0n) is 7.61. The van der Waals surface area contributed by atoms with Crippen molar-refractivity contribution in [2.75, 3.05) is 5.75 Å². The highest BCUT2D eigenvalue weighted by molar-refractivity contribution is 7.86. The molecule has 82 valence electrons.